The van der Waals surface area contributed by atoms with E-state index < -0.39 is 0 Å². The van der Waals surface area contributed by atoms with Crippen molar-refractivity contribution in [2.45, 2.75) is 25.7 Å². The quantitative estimate of drug-likeness (QED) is 0.604. The maximum Gasteiger partial charge on any atom is 0.262 e. The average molecular weight is 442 g/mol. The second-order valence-corrected chi connectivity index (χ2v) is 8.07. The van der Waals surface area contributed by atoms with Gasteiger partial charge < -0.3 is 24.8 Å². The Hall–Kier alpha value is -4.09. The summed E-state index contributed by atoms with van der Waals surface area (Å²) in [5.41, 5.74) is 4.02. The van der Waals surface area contributed by atoms with Crippen LogP contribution in [0.3, 0.4) is 0 Å². The summed E-state index contributed by atoms with van der Waals surface area (Å²) in [6.45, 7) is 2.27. The van der Waals surface area contributed by atoms with Crippen molar-refractivity contribution in [3.8, 4) is 17.6 Å². The predicted octanol–water partition coefficient (Wildman–Crippen LogP) is 3.20. The van der Waals surface area contributed by atoms with Crippen LogP contribution in [-0.2, 0) is 24.4 Å². The van der Waals surface area contributed by atoms with Crippen molar-refractivity contribution in [3.63, 3.8) is 0 Å². The fourth-order valence-corrected chi connectivity index (χ4v) is 4.03. The predicted molar refractivity (Wildman–Crippen MR) is 120 cm³/mol. The number of amides is 1. The van der Waals surface area contributed by atoms with Crippen molar-refractivity contribution in [2.24, 2.45) is 0 Å². The molecule has 166 valence electrons. The number of nitriles is 1. The summed E-state index contributed by atoms with van der Waals surface area (Å²) in [5, 5.41) is 23.4. The van der Waals surface area contributed by atoms with Gasteiger partial charge in [-0.2, -0.15) is 5.26 Å². The minimum absolute atomic E-state index is 0.0413. The molecule has 5 rings (SSSR count). The first-order chi connectivity index (χ1) is 16.1. The minimum atomic E-state index is -0.359. The van der Waals surface area contributed by atoms with Gasteiger partial charge in [-0.25, -0.2) is 0 Å². The molecule has 8 nitrogen and oxygen atoms in total. The maximum absolute atomic E-state index is 13.5. The Morgan fingerprint density at radius 2 is 2.12 bits per heavy atom. The molecule has 3 heterocycles. The molecule has 2 aromatic carbocycles. The monoisotopic (exact) mass is 442 g/mol. The Morgan fingerprint density at radius 1 is 1.24 bits per heavy atom. The molecule has 0 atom stereocenters. The average Bonchev–Trinajstić information content (AvgIpc) is 3.25. The summed E-state index contributed by atoms with van der Waals surface area (Å²) in [6, 6.07) is 16.4. The fourth-order valence-electron chi connectivity index (χ4n) is 4.03. The topological polar surface area (TPSA) is 108 Å². The number of fused-ring (bicyclic) bond motifs is 1. The molecule has 2 aliphatic rings. The van der Waals surface area contributed by atoms with E-state index >= 15 is 0 Å². The highest BCUT2D eigenvalue weighted by atomic mass is 16.5. The molecule has 2 N–H and O–H groups in total. The number of phenols is 1. The highest BCUT2D eigenvalue weighted by molar-refractivity contribution is 6.00. The van der Waals surface area contributed by atoms with E-state index in [1.165, 1.54) is 12.1 Å². The first-order valence-corrected chi connectivity index (χ1v) is 10.7. The van der Waals surface area contributed by atoms with Crippen molar-refractivity contribution in [1.29, 1.82) is 5.26 Å². The number of nitrogens with zero attached hydrogens (tertiary/aromatic N) is 3. The Labute approximate surface area is 191 Å². The molecule has 3 aromatic rings. The lowest BCUT2D eigenvalue weighted by Gasteiger charge is -2.28. The van der Waals surface area contributed by atoms with E-state index in [2.05, 4.69) is 10.3 Å². The zero-order valence-electron chi connectivity index (χ0n) is 17.8. The molecule has 0 radical (unpaired) electrons. The summed E-state index contributed by atoms with van der Waals surface area (Å²) in [5.74, 6) is -0.485. The van der Waals surface area contributed by atoms with Crippen molar-refractivity contribution in [1.82, 2.24) is 9.88 Å². The van der Waals surface area contributed by atoms with Crippen molar-refractivity contribution in [3.05, 3.63) is 82.7 Å². The molecule has 0 saturated carbocycles. The van der Waals surface area contributed by atoms with Crippen LogP contribution in [0, 0.1) is 11.3 Å². The lowest BCUT2D eigenvalue weighted by atomic mass is 10.1. The molecule has 33 heavy (non-hydrogen) atoms. The molecule has 1 saturated heterocycles. The summed E-state index contributed by atoms with van der Waals surface area (Å²) in [7, 11) is 0. The van der Waals surface area contributed by atoms with Gasteiger partial charge >= 0.3 is 0 Å². The number of phenolic OH excluding ortho intramolecular Hbond substituents is 1. The van der Waals surface area contributed by atoms with Gasteiger partial charge in [0.05, 0.1) is 36.6 Å². The number of rotatable bonds is 6. The van der Waals surface area contributed by atoms with Crippen molar-refractivity contribution >= 4 is 11.6 Å². The number of hydrogen-bond donors (Lipinski definition) is 2. The Kier molecular flexibility index (Phi) is 5.55. The van der Waals surface area contributed by atoms with Gasteiger partial charge in [0, 0.05) is 25.0 Å². The lowest BCUT2D eigenvalue weighted by molar-refractivity contribution is 0.0210. The van der Waals surface area contributed by atoms with E-state index in [0.717, 1.165) is 16.8 Å². The smallest absolute Gasteiger partial charge is 0.262 e. The zero-order valence-corrected chi connectivity index (χ0v) is 17.8. The van der Waals surface area contributed by atoms with Gasteiger partial charge in [-0.3, -0.25) is 9.78 Å². The molecule has 0 bridgehead atoms. The molecular weight excluding hydrogens is 420 g/mol. The molecule has 0 spiro atoms. The fraction of sp³-hybridized carbons (Fsp3) is 0.240. The zero-order chi connectivity index (χ0) is 22.8. The second kappa shape index (κ2) is 8.81. The summed E-state index contributed by atoms with van der Waals surface area (Å²) >= 11 is 0. The van der Waals surface area contributed by atoms with Crippen LogP contribution in [0.5, 0.6) is 11.5 Å². The van der Waals surface area contributed by atoms with Gasteiger partial charge in [-0.15, -0.1) is 0 Å². The van der Waals surface area contributed by atoms with Crippen LogP contribution in [0.4, 0.5) is 5.69 Å². The summed E-state index contributed by atoms with van der Waals surface area (Å²) < 4.78 is 11.1. The number of benzene rings is 2. The lowest BCUT2D eigenvalue weighted by Crippen LogP contribution is -2.40. The minimum Gasteiger partial charge on any atom is -0.507 e. The highest BCUT2D eigenvalue weighted by Crippen LogP contribution is 2.36. The van der Waals surface area contributed by atoms with Gasteiger partial charge in [-0.05, 0) is 41.5 Å². The van der Waals surface area contributed by atoms with Crippen molar-refractivity contribution < 1.29 is 19.4 Å². The first-order valence-electron chi connectivity index (χ1n) is 10.7. The van der Waals surface area contributed by atoms with E-state index in [0.29, 0.717) is 32.0 Å². The number of aromatic hydroxyl groups is 1. The molecule has 0 unspecified atom stereocenters. The Balaban J connectivity index is 1.40. The molecule has 1 fully saturated rings. The first kappa shape index (κ1) is 20.8. The van der Waals surface area contributed by atoms with Gasteiger partial charge in [-0.1, -0.05) is 18.2 Å². The van der Waals surface area contributed by atoms with Crippen LogP contribution in [0.2, 0.25) is 0 Å². The van der Waals surface area contributed by atoms with E-state index in [1.807, 2.05) is 30.3 Å². The molecule has 0 aliphatic carbocycles. The Bertz CT molecular complexity index is 1240. The number of nitrogens with one attached hydrogen (secondary N) is 1. The van der Waals surface area contributed by atoms with E-state index in [-0.39, 0.29) is 41.2 Å². The SMILES string of the molecule is N#Cc1cc(O)c(C(=O)N2Cc3cccc(NC4COC4)c3C2)c(OCc2ccccn2)c1. The van der Waals surface area contributed by atoms with Gasteiger partial charge in [0.1, 0.15) is 23.7 Å². The number of hydrogen-bond acceptors (Lipinski definition) is 7. The van der Waals surface area contributed by atoms with Gasteiger partial charge in [0.2, 0.25) is 0 Å². The molecule has 1 amide bonds. The van der Waals surface area contributed by atoms with E-state index in [1.54, 1.807) is 23.2 Å². The van der Waals surface area contributed by atoms with Crippen LogP contribution in [0.1, 0.15) is 32.7 Å². The molecular formula is C25H22N4O4. The molecule has 2 aliphatic heterocycles. The second-order valence-electron chi connectivity index (χ2n) is 8.07. The third-order valence-electron chi connectivity index (χ3n) is 5.79. The standard InChI is InChI=1S/C25H22N4O4/c26-10-16-8-22(30)24(23(9-16)33-15-18-5-1-2-7-27-18)25(31)29-11-17-4-3-6-21(20(17)12-29)28-19-13-32-14-19/h1-9,19,28,30H,11-15H2. The number of ether oxygens (including phenoxy) is 2. The van der Waals surface area contributed by atoms with Crippen LogP contribution >= 0.6 is 0 Å². The Morgan fingerprint density at radius 3 is 2.85 bits per heavy atom. The van der Waals surface area contributed by atoms with Crippen molar-refractivity contribution in [2.75, 3.05) is 18.5 Å². The number of aromatic nitrogens is 1. The molecule has 1 aromatic heterocycles. The van der Waals surface area contributed by atoms with Crippen LogP contribution in [0.25, 0.3) is 0 Å². The summed E-state index contributed by atoms with van der Waals surface area (Å²) in [6.07, 6.45) is 1.65. The normalized spacial score (nSPS) is 14.8. The third kappa shape index (κ3) is 4.19. The highest BCUT2D eigenvalue weighted by Gasteiger charge is 2.31. The van der Waals surface area contributed by atoms with Crippen LogP contribution in [0.15, 0.2) is 54.7 Å². The van der Waals surface area contributed by atoms with Crippen LogP contribution in [-0.4, -0.2) is 40.2 Å². The number of anilines is 1. The van der Waals surface area contributed by atoms with E-state index in [9.17, 15) is 15.2 Å². The number of pyridine rings is 1. The number of carbonyl (C=O) groups is 1. The number of carbonyl (C=O) groups excluding carboxylic acids is 1. The van der Waals surface area contributed by atoms with Crippen LogP contribution < -0.4 is 10.1 Å². The van der Waals surface area contributed by atoms with Gasteiger partial charge in [0.25, 0.3) is 5.91 Å². The third-order valence-corrected chi connectivity index (χ3v) is 5.79. The largest absolute Gasteiger partial charge is 0.507 e. The molecule has 8 heteroatoms. The maximum atomic E-state index is 13.5. The summed E-state index contributed by atoms with van der Waals surface area (Å²) in [4.78, 5) is 19.4. The van der Waals surface area contributed by atoms with Gasteiger partial charge in [0.15, 0.2) is 0 Å². The van der Waals surface area contributed by atoms with E-state index in [4.69, 9.17) is 9.47 Å².